The van der Waals surface area contributed by atoms with E-state index in [1.54, 1.807) is 24.3 Å². The molecule has 28 heavy (non-hydrogen) atoms. The van der Waals surface area contributed by atoms with Crippen molar-refractivity contribution in [3.8, 4) is 5.19 Å². The average molecular weight is 415 g/mol. The number of hydrogen-bond acceptors (Lipinski definition) is 8. The smallest absolute Gasteiger partial charge is 0.296 e. The minimum Gasteiger partial charge on any atom is -0.462 e. The van der Waals surface area contributed by atoms with Crippen LogP contribution in [0.15, 0.2) is 65.9 Å². The first-order valence-corrected chi connectivity index (χ1v) is 9.23. The number of ether oxygens (including phenoxy) is 1. The van der Waals surface area contributed by atoms with Gasteiger partial charge in [-0.15, -0.1) is 5.10 Å². The highest BCUT2D eigenvalue weighted by Gasteiger charge is 2.13. The molecule has 2 aromatic heterocycles. The normalized spacial score (nSPS) is 11.5. The van der Waals surface area contributed by atoms with E-state index in [1.165, 1.54) is 18.5 Å². The molecule has 0 aliphatic rings. The first-order chi connectivity index (χ1) is 13.6. The number of rotatable bonds is 7. The number of anilines is 1. The van der Waals surface area contributed by atoms with Crippen LogP contribution < -0.4 is 15.8 Å². The molecule has 1 aromatic carbocycles. The summed E-state index contributed by atoms with van der Waals surface area (Å²) >= 11 is 6.88. The maximum Gasteiger partial charge on any atom is 0.296 e. The number of carbonyl (C=O) groups is 1. The third-order valence-electron chi connectivity index (χ3n) is 3.25. The van der Waals surface area contributed by atoms with Gasteiger partial charge in [-0.3, -0.25) is 15.1 Å². The van der Waals surface area contributed by atoms with Crippen LogP contribution in [-0.4, -0.2) is 26.8 Å². The molecule has 0 aliphatic carbocycles. The number of halogens is 1. The van der Waals surface area contributed by atoms with Crippen molar-refractivity contribution in [3.05, 3.63) is 71.7 Å². The lowest BCUT2D eigenvalue weighted by molar-refractivity contribution is -0.110. The summed E-state index contributed by atoms with van der Waals surface area (Å²) in [7, 11) is 0. The highest BCUT2D eigenvalue weighted by molar-refractivity contribution is 7.17. The van der Waals surface area contributed by atoms with Gasteiger partial charge in [-0.05, 0) is 47.9 Å². The molecule has 10 heteroatoms. The summed E-state index contributed by atoms with van der Waals surface area (Å²) in [6, 6.07) is 12.5. The molecule has 0 bridgehead atoms. The third kappa shape index (κ3) is 5.60. The van der Waals surface area contributed by atoms with Crippen LogP contribution in [0.3, 0.4) is 0 Å². The molecule has 3 N–H and O–H groups in total. The van der Waals surface area contributed by atoms with E-state index >= 15 is 0 Å². The number of amides is 1. The Kier molecular flexibility index (Phi) is 6.66. The number of aliphatic imine (C=N–C) groups is 1. The van der Waals surface area contributed by atoms with Crippen LogP contribution in [0.1, 0.15) is 5.69 Å². The van der Waals surface area contributed by atoms with Crippen molar-refractivity contribution in [1.29, 1.82) is 0 Å². The standard InChI is InChI=1S/C18H15ClN6O2S/c19-12-6-7-14(21-10-12)11-27-18-25-24-17(28-18)23-16(26)15(8-9-20)22-13-4-2-1-3-5-13/h1-10H,11,20H2,(H,23,24,26). The van der Waals surface area contributed by atoms with E-state index in [9.17, 15) is 4.79 Å². The fourth-order valence-electron chi connectivity index (χ4n) is 2.00. The molecule has 0 atom stereocenters. The highest BCUT2D eigenvalue weighted by Crippen LogP contribution is 2.23. The van der Waals surface area contributed by atoms with Gasteiger partial charge in [0.1, 0.15) is 12.3 Å². The Balaban J connectivity index is 1.63. The largest absolute Gasteiger partial charge is 0.462 e. The van der Waals surface area contributed by atoms with Crippen molar-refractivity contribution in [1.82, 2.24) is 15.2 Å². The Labute approximate surface area is 169 Å². The number of aromatic nitrogens is 3. The zero-order chi connectivity index (χ0) is 19.8. The Morgan fingerprint density at radius 2 is 2.07 bits per heavy atom. The molecule has 0 saturated heterocycles. The number of pyridine rings is 1. The van der Waals surface area contributed by atoms with E-state index in [4.69, 9.17) is 22.1 Å². The maximum absolute atomic E-state index is 12.5. The van der Waals surface area contributed by atoms with Gasteiger partial charge in [-0.1, -0.05) is 34.9 Å². The second kappa shape index (κ2) is 9.58. The van der Waals surface area contributed by atoms with E-state index in [0.717, 1.165) is 11.3 Å². The molecule has 0 fully saturated rings. The fraction of sp³-hybridized carbons (Fsp3) is 0.0556. The molecule has 8 nitrogen and oxygen atoms in total. The summed E-state index contributed by atoms with van der Waals surface area (Å²) in [5.74, 6) is -0.465. The lowest BCUT2D eigenvalue weighted by atomic mass is 10.3. The molecular formula is C18H15ClN6O2S. The molecule has 0 saturated carbocycles. The van der Waals surface area contributed by atoms with Gasteiger partial charge in [0.05, 0.1) is 16.4 Å². The number of benzene rings is 1. The fourth-order valence-corrected chi connectivity index (χ4v) is 2.71. The molecule has 142 valence electrons. The van der Waals surface area contributed by atoms with Crippen LogP contribution in [0.2, 0.25) is 5.02 Å². The lowest BCUT2D eigenvalue weighted by Crippen LogP contribution is -2.21. The van der Waals surface area contributed by atoms with Crippen LogP contribution in [0.4, 0.5) is 10.8 Å². The molecule has 3 aromatic rings. The van der Waals surface area contributed by atoms with Gasteiger partial charge in [0, 0.05) is 6.20 Å². The molecule has 0 radical (unpaired) electrons. The van der Waals surface area contributed by atoms with Crippen molar-refractivity contribution in [2.75, 3.05) is 5.32 Å². The third-order valence-corrected chi connectivity index (χ3v) is 4.23. The van der Waals surface area contributed by atoms with Crippen LogP contribution in [0.25, 0.3) is 0 Å². The number of nitrogens with zero attached hydrogens (tertiary/aromatic N) is 4. The Bertz CT molecular complexity index is 989. The van der Waals surface area contributed by atoms with E-state index in [1.807, 2.05) is 18.2 Å². The van der Waals surface area contributed by atoms with Crippen LogP contribution in [-0.2, 0) is 11.4 Å². The highest BCUT2D eigenvalue weighted by atomic mass is 35.5. The van der Waals surface area contributed by atoms with Crippen molar-refractivity contribution in [3.63, 3.8) is 0 Å². The Morgan fingerprint density at radius 1 is 1.25 bits per heavy atom. The van der Waals surface area contributed by atoms with Crippen LogP contribution >= 0.6 is 22.9 Å². The summed E-state index contributed by atoms with van der Waals surface area (Å²) in [6.07, 6.45) is 4.19. The summed E-state index contributed by atoms with van der Waals surface area (Å²) in [5.41, 5.74) is 6.88. The molecule has 0 unspecified atom stereocenters. The SMILES string of the molecule is NC=CC(=Nc1ccccc1)C(=O)Nc1nnc(OCc2ccc(Cl)cn2)s1. The van der Waals surface area contributed by atoms with E-state index in [0.29, 0.717) is 21.6 Å². The van der Waals surface area contributed by atoms with Crippen molar-refractivity contribution in [2.45, 2.75) is 6.61 Å². The summed E-state index contributed by atoms with van der Waals surface area (Å²) in [5, 5.41) is 11.5. The second-order valence-corrected chi connectivity index (χ2v) is 6.65. The summed E-state index contributed by atoms with van der Waals surface area (Å²) < 4.78 is 5.52. The minimum absolute atomic E-state index is 0.136. The summed E-state index contributed by atoms with van der Waals surface area (Å²) in [4.78, 5) is 20.9. The molecule has 3 rings (SSSR count). The van der Waals surface area contributed by atoms with E-state index in [2.05, 4.69) is 25.5 Å². The van der Waals surface area contributed by atoms with Gasteiger partial charge in [0.15, 0.2) is 0 Å². The van der Waals surface area contributed by atoms with Crippen LogP contribution in [0, 0.1) is 0 Å². The number of carbonyl (C=O) groups excluding carboxylic acids is 1. The van der Waals surface area contributed by atoms with Gasteiger partial charge in [0.25, 0.3) is 11.1 Å². The van der Waals surface area contributed by atoms with Gasteiger partial charge in [-0.25, -0.2) is 4.99 Å². The van der Waals surface area contributed by atoms with Crippen molar-refractivity contribution < 1.29 is 9.53 Å². The molecule has 0 aliphatic heterocycles. The van der Waals surface area contributed by atoms with Crippen molar-refractivity contribution in [2.24, 2.45) is 10.7 Å². The molecule has 1 amide bonds. The first-order valence-electron chi connectivity index (χ1n) is 8.04. The monoisotopic (exact) mass is 414 g/mol. The van der Waals surface area contributed by atoms with Crippen LogP contribution in [0.5, 0.6) is 5.19 Å². The van der Waals surface area contributed by atoms with E-state index in [-0.39, 0.29) is 17.5 Å². The van der Waals surface area contributed by atoms with Gasteiger partial charge in [0.2, 0.25) is 5.13 Å². The average Bonchev–Trinajstić information content (AvgIpc) is 3.15. The molecule has 0 spiro atoms. The molecule has 2 heterocycles. The first kappa shape index (κ1) is 19.5. The van der Waals surface area contributed by atoms with Crippen molar-refractivity contribution >= 4 is 45.4 Å². The molecular weight excluding hydrogens is 400 g/mol. The number of nitrogens with two attached hydrogens (primary N) is 1. The van der Waals surface area contributed by atoms with Gasteiger partial charge >= 0.3 is 0 Å². The zero-order valence-corrected chi connectivity index (χ0v) is 16.0. The Hall–Kier alpha value is -3.30. The van der Waals surface area contributed by atoms with E-state index < -0.39 is 5.91 Å². The van der Waals surface area contributed by atoms with Gasteiger partial charge in [-0.2, -0.15) is 0 Å². The maximum atomic E-state index is 12.5. The lowest BCUT2D eigenvalue weighted by Gasteiger charge is -2.02. The number of para-hydroxylation sites is 1. The number of hydrogen-bond donors (Lipinski definition) is 2. The predicted molar refractivity (Wildman–Crippen MR) is 109 cm³/mol. The minimum atomic E-state index is -0.465. The number of nitrogens with one attached hydrogen (secondary N) is 1. The zero-order valence-electron chi connectivity index (χ0n) is 14.4. The quantitative estimate of drug-likeness (QED) is 0.573. The topological polar surface area (TPSA) is 115 Å². The predicted octanol–water partition coefficient (Wildman–Crippen LogP) is 3.35. The summed E-state index contributed by atoms with van der Waals surface area (Å²) in [6.45, 7) is 0.205. The van der Waals surface area contributed by atoms with Gasteiger partial charge < -0.3 is 10.5 Å². The Morgan fingerprint density at radius 3 is 2.79 bits per heavy atom. The second-order valence-electron chi connectivity index (χ2n) is 5.28.